The molecule has 4 saturated carbocycles. The van der Waals surface area contributed by atoms with E-state index in [-0.39, 0.29) is 16.9 Å². The molecule has 0 spiro atoms. The molecule has 2 N–H and O–H groups in total. The van der Waals surface area contributed by atoms with Crippen LogP contribution in [0.15, 0.2) is 11.6 Å². The Morgan fingerprint density at radius 2 is 1.79 bits per heavy atom. The molecule has 0 aromatic rings. The molecule has 0 unspecified atom stereocenters. The van der Waals surface area contributed by atoms with Crippen LogP contribution >= 0.6 is 0 Å². The van der Waals surface area contributed by atoms with E-state index in [1.807, 2.05) is 6.92 Å². The van der Waals surface area contributed by atoms with E-state index >= 15 is 0 Å². The predicted molar refractivity (Wildman–Crippen MR) is 97.5 cm³/mol. The Morgan fingerprint density at radius 3 is 2.50 bits per heavy atom. The van der Waals surface area contributed by atoms with E-state index in [0.717, 1.165) is 31.6 Å². The van der Waals surface area contributed by atoms with Gasteiger partial charge in [0.2, 0.25) is 0 Å². The van der Waals surface area contributed by atoms with Crippen LogP contribution in [0.5, 0.6) is 0 Å². The highest BCUT2D eigenvalue weighted by Gasteiger charge is 2.62. The van der Waals surface area contributed by atoms with E-state index in [1.54, 1.807) is 5.57 Å². The molecule has 136 valence electrons. The van der Waals surface area contributed by atoms with Crippen molar-refractivity contribution in [2.75, 3.05) is 0 Å². The SMILES string of the molecule is C/C=C1/CC[C@H]2[C@@H]3CC[C@@H]4C[C@@](C)(O)CC[C@]4(C)[C@H]3[C@H](O)C[C@]12C. The van der Waals surface area contributed by atoms with E-state index in [2.05, 4.69) is 26.8 Å². The van der Waals surface area contributed by atoms with Crippen molar-refractivity contribution in [1.29, 1.82) is 0 Å². The summed E-state index contributed by atoms with van der Waals surface area (Å²) in [6, 6.07) is 0. The summed E-state index contributed by atoms with van der Waals surface area (Å²) < 4.78 is 0. The van der Waals surface area contributed by atoms with Crippen LogP contribution in [0, 0.1) is 34.5 Å². The zero-order valence-corrected chi connectivity index (χ0v) is 16.0. The topological polar surface area (TPSA) is 40.5 Å². The number of aliphatic hydroxyl groups excluding tert-OH is 1. The molecule has 4 fully saturated rings. The Kier molecular flexibility index (Phi) is 3.80. The molecule has 2 heteroatoms. The molecule has 0 aromatic carbocycles. The van der Waals surface area contributed by atoms with Crippen molar-refractivity contribution in [3.05, 3.63) is 11.6 Å². The van der Waals surface area contributed by atoms with E-state index < -0.39 is 5.60 Å². The normalized spacial score (nSPS) is 58.9. The third-order valence-electron chi connectivity index (χ3n) is 9.08. The second kappa shape index (κ2) is 5.33. The standard InChI is InChI=1S/C22H36O2/c1-5-14-7-9-17-16-8-6-15-12-20(2,24)10-11-21(15,3)19(16)18(23)13-22(14,17)4/h5,15-19,23-24H,6-13H2,1-4H3/b14-5-/t15-,16+,17+,18-,19-,20+,21+,22-/m1/s1. The summed E-state index contributed by atoms with van der Waals surface area (Å²) in [5.41, 5.74) is 1.57. The fraction of sp³-hybridized carbons (Fsp3) is 0.909. The van der Waals surface area contributed by atoms with Gasteiger partial charge in [-0.1, -0.05) is 25.5 Å². The maximum atomic E-state index is 11.3. The van der Waals surface area contributed by atoms with Crippen LogP contribution in [0.1, 0.15) is 79.1 Å². The lowest BCUT2D eigenvalue weighted by molar-refractivity contribution is -0.179. The molecule has 0 radical (unpaired) electrons. The van der Waals surface area contributed by atoms with Crippen molar-refractivity contribution in [1.82, 2.24) is 0 Å². The summed E-state index contributed by atoms with van der Waals surface area (Å²) in [6.07, 6.45) is 11.1. The van der Waals surface area contributed by atoms with E-state index in [1.165, 1.54) is 25.7 Å². The molecular formula is C22H36O2. The minimum atomic E-state index is -0.489. The summed E-state index contributed by atoms with van der Waals surface area (Å²) in [7, 11) is 0. The molecule has 4 rings (SSSR count). The molecule has 4 aliphatic carbocycles. The van der Waals surface area contributed by atoms with Gasteiger partial charge in [-0.15, -0.1) is 0 Å². The fourth-order valence-electron chi connectivity index (χ4n) is 7.88. The molecule has 0 aromatic heterocycles. The first kappa shape index (κ1) is 17.1. The average molecular weight is 333 g/mol. The van der Waals surface area contributed by atoms with Crippen molar-refractivity contribution in [3.8, 4) is 0 Å². The van der Waals surface area contributed by atoms with Crippen LogP contribution in [-0.2, 0) is 0 Å². The molecule has 0 bridgehead atoms. The number of hydrogen-bond acceptors (Lipinski definition) is 2. The molecule has 24 heavy (non-hydrogen) atoms. The Morgan fingerprint density at radius 1 is 1.04 bits per heavy atom. The maximum Gasteiger partial charge on any atom is 0.0622 e. The molecule has 8 atom stereocenters. The van der Waals surface area contributed by atoms with Crippen LogP contribution in [0.25, 0.3) is 0 Å². The van der Waals surface area contributed by atoms with E-state index in [9.17, 15) is 10.2 Å². The molecule has 2 nitrogen and oxygen atoms in total. The summed E-state index contributed by atoms with van der Waals surface area (Å²) in [5.74, 6) is 2.48. The summed E-state index contributed by atoms with van der Waals surface area (Å²) in [5, 5.41) is 21.9. The van der Waals surface area contributed by atoms with Gasteiger partial charge in [0.25, 0.3) is 0 Å². The highest BCUT2D eigenvalue weighted by Crippen LogP contribution is 2.67. The van der Waals surface area contributed by atoms with Crippen LogP contribution in [0.2, 0.25) is 0 Å². The van der Waals surface area contributed by atoms with Crippen molar-refractivity contribution < 1.29 is 10.2 Å². The molecular weight excluding hydrogens is 296 g/mol. The van der Waals surface area contributed by atoms with Crippen LogP contribution < -0.4 is 0 Å². The third kappa shape index (κ3) is 2.21. The second-order valence-corrected chi connectivity index (χ2v) is 10.3. The number of allylic oxidation sites excluding steroid dienone is 2. The zero-order valence-electron chi connectivity index (χ0n) is 16.0. The first-order valence-electron chi connectivity index (χ1n) is 10.3. The van der Waals surface area contributed by atoms with Gasteiger partial charge in [-0.25, -0.2) is 0 Å². The Hall–Kier alpha value is -0.340. The first-order valence-corrected chi connectivity index (χ1v) is 10.3. The summed E-state index contributed by atoms with van der Waals surface area (Å²) in [6.45, 7) is 9.08. The Labute approximate surface area is 147 Å². The largest absolute Gasteiger partial charge is 0.393 e. The quantitative estimate of drug-likeness (QED) is 0.631. The fourth-order valence-corrected chi connectivity index (χ4v) is 7.88. The van der Waals surface area contributed by atoms with Gasteiger partial charge >= 0.3 is 0 Å². The first-order chi connectivity index (χ1) is 11.2. The molecule has 4 aliphatic rings. The van der Waals surface area contributed by atoms with Crippen molar-refractivity contribution in [2.24, 2.45) is 34.5 Å². The van der Waals surface area contributed by atoms with Gasteiger partial charge in [-0.05, 0) is 99.7 Å². The number of aliphatic hydroxyl groups is 2. The Bertz CT molecular complexity index is 550. The van der Waals surface area contributed by atoms with Gasteiger partial charge in [0.05, 0.1) is 11.7 Å². The van der Waals surface area contributed by atoms with Crippen molar-refractivity contribution in [2.45, 2.75) is 90.8 Å². The second-order valence-electron chi connectivity index (χ2n) is 10.3. The van der Waals surface area contributed by atoms with Crippen LogP contribution in [0.4, 0.5) is 0 Å². The summed E-state index contributed by atoms with van der Waals surface area (Å²) >= 11 is 0. The summed E-state index contributed by atoms with van der Waals surface area (Å²) in [4.78, 5) is 0. The minimum absolute atomic E-state index is 0.167. The lowest BCUT2D eigenvalue weighted by Crippen LogP contribution is -2.59. The van der Waals surface area contributed by atoms with Crippen molar-refractivity contribution in [3.63, 3.8) is 0 Å². The average Bonchev–Trinajstić information content (AvgIpc) is 2.83. The smallest absolute Gasteiger partial charge is 0.0622 e. The monoisotopic (exact) mass is 332 g/mol. The molecule has 0 saturated heterocycles. The highest BCUT2D eigenvalue weighted by atomic mass is 16.3. The number of fused-ring (bicyclic) bond motifs is 5. The van der Waals surface area contributed by atoms with Gasteiger partial charge in [0.15, 0.2) is 0 Å². The van der Waals surface area contributed by atoms with Gasteiger partial charge < -0.3 is 10.2 Å². The lowest BCUT2D eigenvalue weighted by atomic mass is 9.43. The van der Waals surface area contributed by atoms with Crippen LogP contribution in [-0.4, -0.2) is 21.9 Å². The van der Waals surface area contributed by atoms with E-state index in [4.69, 9.17) is 0 Å². The van der Waals surface area contributed by atoms with Gasteiger partial charge in [0.1, 0.15) is 0 Å². The van der Waals surface area contributed by atoms with Crippen molar-refractivity contribution >= 4 is 0 Å². The van der Waals surface area contributed by atoms with Gasteiger partial charge in [-0.3, -0.25) is 0 Å². The van der Waals surface area contributed by atoms with Gasteiger partial charge in [0, 0.05) is 0 Å². The molecule has 0 heterocycles. The van der Waals surface area contributed by atoms with E-state index in [0.29, 0.717) is 17.8 Å². The predicted octanol–water partition coefficient (Wildman–Crippen LogP) is 4.70. The van der Waals surface area contributed by atoms with Crippen LogP contribution in [0.3, 0.4) is 0 Å². The zero-order chi connectivity index (χ0) is 17.3. The molecule has 0 aliphatic heterocycles. The lowest BCUT2D eigenvalue weighted by Gasteiger charge is -2.62. The Balaban J connectivity index is 1.68. The van der Waals surface area contributed by atoms with Gasteiger partial charge in [-0.2, -0.15) is 0 Å². The molecule has 0 amide bonds. The minimum Gasteiger partial charge on any atom is -0.393 e. The maximum absolute atomic E-state index is 11.3. The third-order valence-corrected chi connectivity index (χ3v) is 9.08. The highest BCUT2D eigenvalue weighted by molar-refractivity contribution is 5.25. The number of rotatable bonds is 0. The number of hydrogen-bond donors (Lipinski definition) is 2.